The second-order valence-electron chi connectivity index (χ2n) is 3.50. The Bertz CT molecular complexity index is 149. The zero-order valence-corrected chi connectivity index (χ0v) is 5.92. The Morgan fingerprint density at radius 2 is 1.70 bits per heavy atom. The number of hydrogen-bond acceptors (Lipinski definition) is 2. The van der Waals surface area contributed by atoms with Crippen LogP contribution in [0.4, 0.5) is 0 Å². The second-order valence-corrected chi connectivity index (χ2v) is 3.50. The summed E-state index contributed by atoms with van der Waals surface area (Å²) in [5.41, 5.74) is 0. The third kappa shape index (κ3) is 0.788. The lowest BCUT2D eigenvalue weighted by molar-refractivity contribution is -0.128. The first-order valence-corrected chi connectivity index (χ1v) is 3.99. The van der Waals surface area contributed by atoms with Crippen molar-refractivity contribution < 1.29 is 9.90 Å². The summed E-state index contributed by atoms with van der Waals surface area (Å²) in [7, 11) is 0. The molecular weight excluding hydrogens is 128 g/mol. The number of hydrogen-bond donors (Lipinski definition) is 1. The van der Waals surface area contributed by atoms with E-state index >= 15 is 0 Å². The standard InChI is InChI=1S/C8H12O2/c9-7-3-5-1-2-6(4-7)8(5)10/h5-7,9H,1-4H2/t5-,6+,7+. The first-order valence-electron chi connectivity index (χ1n) is 3.99. The van der Waals surface area contributed by atoms with Gasteiger partial charge >= 0.3 is 0 Å². The van der Waals surface area contributed by atoms with E-state index in [1.807, 2.05) is 0 Å². The van der Waals surface area contributed by atoms with Crippen molar-refractivity contribution in [2.45, 2.75) is 31.8 Å². The molecule has 2 aliphatic rings. The van der Waals surface area contributed by atoms with Gasteiger partial charge in [0.25, 0.3) is 0 Å². The molecule has 0 saturated heterocycles. The highest BCUT2D eigenvalue weighted by Gasteiger charge is 2.40. The van der Waals surface area contributed by atoms with Crippen molar-refractivity contribution in [3.05, 3.63) is 0 Å². The molecule has 0 unspecified atom stereocenters. The molecule has 2 heteroatoms. The minimum atomic E-state index is -0.185. The van der Waals surface area contributed by atoms with Crippen LogP contribution in [0.1, 0.15) is 25.7 Å². The van der Waals surface area contributed by atoms with Crippen LogP contribution in [-0.4, -0.2) is 17.0 Å². The highest BCUT2D eigenvalue weighted by Crippen LogP contribution is 2.38. The van der Waals surface area contributed by atoms with Crippen molar-refractivity contribution in [2.75, 3.05) is 0 Å². The van der Waals surface area contributed by atoms with Crippen LogP contribution in [0.3, 0.4) is 0 Å². The summed E-state index contributed by atoms with van der Waals surface area (Å²) in [6, 6.07) is 0. The summed E-state index contributed by atoms with van der Waals surface area (Å²) in [6.07, 6.45) is 3.33. The van der Waals surface area contributed by atoms with Crippen LogP contribution < -0.4 is 0 Å². The maximum Gasteiger partial charge on any atom is 0.139 e. The topological polar surface area (TPSA) is 37.3 Å². The quantitative estimate of drug-likeness (QED) is 0.538. The summed E-state index contributed by atoms with van der Waals surface area (Å²) < 4.78 is 0. The molecule has 0 aromatic rings. The smallest absolute Gasteiger partial charge is 0.139 e. The van der Waals surface area contributed by atoms with Gasteiger partial charge in [-0.1, -0.05) is 0 Å². The number of Topliss-reactive ketones (excluding diaryl/α,β-unsaturated/α-hetero) is 1. The molecule has 0 aromatic heterocycles. The van der Waals surface area contributed by atoms with E-state index in [1.165, 1.54) is 0 Å². The predicted octanol–water partition coefficient (Wildman–Crippen LogP) is 0.736. The zero-order chi connectivity index (χ0) is 7.14. The van der Waals surface area contributed by atoms with Crippen LogP contribution in [0, 0.1) is 11.8 Å². The molecule has 0 heterocycles. The summed E-state index contributed by atoms with van der Waals surface area (Å²) >= 11 is 0. The second kappa shape index (κ2) is 2.06. The Morgan fingerprint density at radius 1 is 1.20 bits per heavy atom. The number of fused-ring (bicyclic) bond motifs is 2. The predicted molar refractivity (Wildman–Crippen MR) is 36.5 cm³/mol. The molecule has 10 heavy (non-hydrogen) atoms. The first-order chi connectivity index (χ1) is 4.77. The molecule has 0 amide bonds. The molecule has 0 radical (unpaired) electrons. The van der Waals surface area contributed by atoms with E-state index in [4.69, 9.17) is 0 Å². The summed E-state index contributed by atoms with van der Waals surface area (Å²) in [5, 5.41) is 9.26. The fourth-order valence-electron chi connectivity index (χ4n) is 2.24. The van der Waals surface area contributed by atoms with E-state index < -0.39 is 0 Å². The van der Waals surface area contributed by atoms with Crippen molar-refractivity contribution in [1.82, 2.24) is 0 Å². The van der Waals surface area contributed by atoms with Crippen molar-refractivity contribution in [3.8, 4) is 0 Å². The fourth-order valence-corrected chi connectivity index (χ4v) is 2.24. The Balaban J connectivity index is 2.16. The molecule has 2 rings (SSSR count). The van der Waals surface area contributed by atoms with E-state index in [-0.39, 0.29) is 17.9 Å². The lowest BCUT2D eigenvalue weighted by atomic mass is 9.86. The van der Waals surface area contributed by atoms with Gasteiger partial charge in [-0.15, -0.1) is 0 Å². The van der Waals surface area contributed by atoms with E-state index in [1.54, 1.807) is 0 Å². The normalized spacial score (nSPS) is 46.1. The Hall–Kier alpha value is -0.370. The third-order valence-corrected chi connectivity index (χ3v) is 2.78. The maximum absolute atomic E-state index is 11.2. The molecule has 56 valence electrons. The van der Waals surface area contributed by atoms with Crippen LogP contribution >= 0.6 is 0 Å². The van der Waals surface area contributed by atoms with Crippen LogP contribution in [0.5, 0.6) is 0 Å². The number of aliphatic hydroxyl groups excluding tert-OH is 1. The molecular formula is C8H12O2. The maximum atomic E-state index is 11.2. The SMILES string of the molecule is O=C1[C@@H]2CC[C@H]1C[C@@H](O)C2. The molecule has 0 spiro atoms. The fraction of sp³-hybridized carbons (Fsp3) is 0.875. The molecule has 1 N–H and O–H groups in total. The lowest BCUT2D eigenvalue weighted by Crippen LogP contribution is -2.28. The van der Waals surface area contributed by atoms with Gasteiger partial charge in [-0.2, -0.15) is 0 Å². The average molecular weight is 140 g/mol. The van der Waals surface area contributed by atoms with Gasteiger partial charge in [-0.3, -0.25) is 4.79 Å². The van der Waals surface area contributed by atoms with Crippen molar-refractivity contribution in [3.63, 3.8) is 0 Å². The Morgan fingerprint density at radius 3 is 2.20 bits per heavy atom. The van der Waals surface area contributed by atoms with Gasteiger partial charge in [0.05, 0.1) is 6.10 Å². The molecule has 2 saturated carbocycles. The summed E-state index contributed by atoms with van der Waals surface area (Å²) in [4.78, 5) is 11.2. The Kier molecular flexibility index (Phi) is 1.31. The van der Waals surface area contributed by atoms with Crippen molar-refractivity contribution >= 4 is 5.78 Å². The van der Waals surface area contributed by atoms with Gasteiger partial charge in [0.2, 0.25) is 0 Å². The molecule has 3 atom stereocenters. The van der Waals surface area contributed by atoms with Crippen molar-refractivity contribution in [1.29, 1.82) is 0 Å². The van der Waals surface area contributed by atoms with E-state index in [0.717, 1.165) is 25.7 Å². The van der Waals surface area contributed by atoms with Gasteiger partial charge in [0.1, 0.15) is 5.78 Å². The first kappa shape index (κ1) is 6.35. The minimum absolute atomic E-state index is 0.185. The Labute approximate surface area is 60.2 Å². The van der Waals surface area contributed by atoms with E-state index in [0.29, 0.717) is 5.78 Å². The molecule has 2 fully saturated rings. The lowest BCUT2D eigenvalue weighted by Gasteiger charge is -2.21. The van der Waals surface area contributed by atoms with Crippen LogP contribution in [0.15, 0.2) is 0 Å². The van der Waals surface area contributed by atoms with E-state index in [9.17, 15) is 9.90 Å². The number of rotatable bonds is 0. The molecule has 0 aromatic carbocycles. The third-order valence-electron chi connectivity index (χ3n) is 2.78. The van der Waals surface area contributed by atoms with Gasteiger partial charge in [-0.05, 0) is 25.7 Å². The monoisotopic (exact) mass is 140 g/mol. The van der Waals surface area contributed by atoms with Crippen LogP contribution in [-0.2, 0) is 4.79 Å². The van der Waals surface area contributed by atoms with Crippen LogP contribution in [0.25, 0.3) is 0 Å². The average Bonchev–Trinajstić information content (AvgIpc) is 2.20. The highest BCUT2D eigenvalue weighted by atomic mass is 16.3. The molecule has 2 bridgehead atoms. The van der Waals surface area contributed by atoms with Gasteiger partial charge in [-0.25, -0.2) is 0 Å². The minimum Gasteiger partial charge on any atom is -0.393 e. The number of carbonyl (C=O) groups is 1. The number of ketones is 1. The van der Waals surface area contributed by atoms with Gasteiger partial charge in [0.15, 0.2) is 0 Å². The van der Waals surface area contributed by atoms with Crippen molar-refractivity contribution in [2.24, 2.45) is 11.8 Å². The zero-order valence-electron chi connectivity index (χ0n) is 5.92. The highest BCUT2D eigenvalue weighted by molar-refractivity contribution is 5.86. The summed E-state index contributed by atoms with van der Waals surface area (Å²) in [6.45, 7) is 0. The number of carbonyl (C=O) groups excluding carboxylic acids is 1. The van der Waals surface area contributed by atoms with Gasteiger partial charge in [0, 0.05) is 11.8 Å². The number of aliphatic hydroxyl groups is 1. The summed E-state index contributed by atoms with van der Waals surface area (Å²) in [5.74, 6) is 0.854. The van der Waals surface area contributed by atoms with E-state index in [2.05, 4.69) is 0 Å². The largest absolute Gasteiger partial charge is 0.393 e. The van der Waals surface area contributed by atoms with Crippen LogP contribution in [0.2, 0.25) is 0 Å². The van der Waals surface area contributed by atoms with Gasteiger partial charge < -0.3 is 5.11 Å². The molecule has 2 nitrogen and oxygen atoms in total. The molecule has 0 aliphatic heterocycles. The molecule has 2 aliphatic carbocycles.